The third-order valence-electron chi connectivity index (χ3n) is 3.23. The zero-order valence-electron chi connectivity index (χ0n) is 11.3. The molecule has 2 nitrogen and oxygen atoms in total. The summed E-state index contributed by atoms with van der Waals surface area (Å²) in [7, 11) is 1.59. The zero-order chi connectivity index (χ0) is 14.0. The van der Waals surface area contributed by atoms with E-state index in [-0.39, 0.29) is 0 Å². The summed E-state index contributed by atoms with van der Waals surface area (Å²) >= 11 is 6.21. The van der Waals surface area contributed by atoms with Crippen molar-refractivity contribution >= 4 is 11.6 Å². The van der Waals surface area contributed by atoms with Gasteiger partial charge in [-0.1, -0.05) is 41.4 Å². The summed E-state index contributed by atoms with van der Waals surface area (Å²) in [5, 5.41) is 11.0. The van der Waals surface area contributed by atoms with Crippen LogP contribution < -0.4 is 4.74 Å². The van der Waals surface area contributed by atoms with Crippen LogP contribution in [0.4, 0.5) is 0 Å². The lowest BCUT2D eigenvalue weighted by molar-refractivity contribution is 0.219. The molecular formula is C16H17ClO2. The molecule has 1 N–H and O–H groups in total. The lowest BCUT2D eigenvalue weighted by Crippen LogP contribution is -2.03. The Hall–Kier alpha value is -1.51. The van der Waals surface area contributed by atoms with Gasteiger partial charge in [-0.05, 0) is 37.1 Å². The van der Waals surface area contributed by atoms with Crippen LogP contribution in [0.3, 0.4) is 0 Å². The highest BCUT2D eigenvalue weighted by Gasteiger charge is 2.16. The highest BCUT2D eigenvalue weighted by Crippen LogP contribution is 2.32. The van der Waals surface area contributed by atoms with E-state index in [4.69, 9.17) is 16.3 Å². The van der Waals surface area contributed by atoms with Crippen molar-refractivity contribution in [3.63, 3.8) is 0 Å². The largest absolute Gasteiger partial charge is 0.497 e. The van der Waals surface area contributed by atoms with Crippen molar-refractivity contribution in [3.8, 4) is 5.75 Å². The zero-order valence-corrected chi connectivity index (χ0v) is 12.0. The summed E-state index contributed by atoms with van der Waals surface area (Å²) in [6, 6.07) is 11.3. The molecule has 1 unspecified atom stereocenters. The van der Waals surface area contributed by atoms with Gasteiger partial charge in [0.25, 0.3) is 0 Å². The summed E-state index contributed by atoms with van der Waals surface area (Å²) in [5.74, 6) is 0.682. The molecule has 0 saturated carbocycles. The topological polar surface area (TPSA) is 29.5 Å². The Morgan fingerprint density at radius 1 is 1.05 bits per heavy atom. The lowest BCUT2D eigenvalue weighted by Gasteiger charge is -2.16. The second-order valence-corrected chi connectivity index (χ2v) is 5.06. The monoisotopic (exact) mass is 276 g/mol. The maximum Gasteiger partial charge on any atom is 0.120 e. The van der Waals surface area contributed by atoms with Crippen LogP contribution in [0.1, 0.15) is 28.4 Å². The number of halogens is 1. The van der Waals surface area contributed by atoms with Crippen LogP contribution in [0.25, 0.3) is 0 Å². The van der Waals surface area contributed by atoms with Gasteiger partial charge in [0.15, 0.2) is 0 Å². The maximum absolute atomic E-state index is 10.5. The third kappa shape index (κ3) is 2.91. The van der Waals surface area contributed by atoms with Gasteiger partial charge in [-0.3, -0.25) is 0 Å². The molecule has 0 fully saturated rings. The minimum atomic E-state index is -0.724. The number of hydrogen-bond acceptors (Lipinski definition) is 2. The van der Waals surface area contributed by atoms with E-state index in [1.54, 1.807) is 25.3 Å². The SMILES string of the molecule is COc1ccc(C(O)c2cc(C)ccc2C)c(Cl)c1. The van der Waals surface area contributed by atoms with Gasteiger partial charge in [0.1, 0.15) is 11.9 Å². The van der Waals surface area contributed by atoms with Gasteiger partial charge < -0.3 is 9.84 Å². The Balaban J connectivity index is 2.43. The molecule has 19 heavy (non-hydrogen) atoms. The molecule has 0 amide bonds. The first-order valence-electron chi connectivity index (χ1n) is 6.11. The van der Waals surface area contributed by atoms with Gasteiger partial charge in [0.05, 0.1) is 12.1 Å². The first kappa shape index (κ1) is 13.9. The fraction of sp³-hybridized carbons (Fsp3) is 0.250. The summed E-state index contributed by atoms with van der Waals surface area (Å²) in [6.45, 7) is 3.99. The van der Waals surface area contributed by atoms with Crippen molar-refractivity contribution in [3.05, 3.63) is 63.7 Å². The van der Waals surface area contributed by atoms with Gasteiger partial charge in [-0.15, -0.1) is 0 Å². The number of ether oxygens (including phenoxy) is 1. The highest BCUT2D eigenvalue weighted by atomic mass is 35.5. The molecule has 2 rings (SSSR count). The van der Waals surface area contributed by atoms with Crippen LogP contribution >= 0.6 is 11.6 Å². The number of rotatable bonds is 3. The van der Waals surface area contributed by atoms with E-state index in [0.717, 1.165) is 16.7 Å². The molecule has 0 heterocycles. The van der Waals surface area contributed by atoms with Crippen molar-refractivity contribution < 1.29 is 9.84 Å². The predicted molar refractivity (Wildman–Crippen MR) is 78.0 cm³/mol. The van der Waals surface area contributed by atoms with E-state index in [0.29, 0.717) is 16.3 Å². The Kier molecular flexibility index (Phi) is 4.13. The first-order valence-corrected chi connectivity index (χ1v) is 6.49. The van der Waals surface area contributed by atoms with Gasteiger partial charge in [-0.25, -0.2) is 0 Å². The van der Waals surface area contributed by atoms with E-state index < -0.39 is 6.10 Å². The number of benzene rings is 2. The van der Waals surface area contributed by atoms with E-state index >= 15 is 0 Å². The number of methoxy groups -OCH3 is 1. The molecule has 100 valence electrons. The first-order chi connectivity index (χ1) is 9.02. The molecule has 0 aliphatic rings. The van der Waals surface area contributed by atoms with Crippen LogP contribution in [0.5, 0.6) is 5.75 Å². The Labute approximate surface area is 118 Å². The Morgan fingerprint density at radius 2 is 1.79 bits per heavy atom. The minimum Gasteiger partial charge on any atom is -0.497 e. The van der Waals surface area contributed by atoms with E-state index in [9.17, 15) is 5.11 Å². The molecule has 0 aliphatic heterocycles. The van der Waals surface area contributed by atoms with Gasteiger partial charge in [-0.2, -0.15) is 0 Å². The molecule has 0 bridgehead atoms. The fourth-order valence-electron chi connectivity index (χ4n) is 2.08. The van der Waals surface area contributed by atoms with Crippen LogP contribution in [-0.4, -0.2) is 12.2 Å². The van der Waals surface area contributed by atoms with Crippen LogP contribution in [-0.2, 0) is 0 Å². The van der Waals surface area contributed by atoms with Gasteiger partial charge >= 0.3 is 0 Å². The van der Waals surface area contributed by atoms with E-state index in [2.05, 4.69) is 0 Å². The van der Waals surface area contributed by atoms with E-state index in [1.807, 2.05) is 32.0 Å². The predicted octanol–water partition coefficient (Wildman–Crippen LogP) is 4.05. The average Bonchev–Trinajstić information content (AvgIpc) is 2.40. The number of aliphatic hydroxyl groups is 1. The van der Waals surface area contributed by atoms with E-state index in [1.165, 1.54) is 0 Å². The Bertz CT molecular complexity index is 593. The molecule has 0 radical (unpaired) electrons. The molecule has 0 spiro atoms. The fourth-order valence-corrected chi connectivity index (χ4v) is 2.35. The molecular weight excluding hydrogens is 260 g/mol. The van der Waals surface area contributed by atoms with Gasteiger partial charge in [0, 0.05) is 5.56 Å². The molecule has 3 heteroatoms. The van der Waals surface area contributed by atoms with Crippen LogP contribution in [0, 0.1) is 13.8 Å². The summed E-state index contributed by atoms with van der Waals surface area (Å²) < 4.78 is 5.11. The number of hydrogen-bond donors (Lipinski definition) is 1. The number of aliphatic hydroxyl groups excluding tert-OH is 1. The molecule has 0 aliphatic carbocycles. The number of aryl methyl sites for hydroxylation is 2. The summed E-state index contributed by atoms with van der Waals surface area (Å²) in [6.07, 6.45) is -0.724. The van der Waals surface area contributed by atoms with Crippen molar-refractivity contribution in [2.24, 2.45) is 0 Å². The minimum absolute atomic E-state index is 0.507. The summed E-state index contributed by atoms with van der Waals surface area (Å²) in [4.78, 5) is 0. The normalized spacial score (nSPS) is 12.3. The lowest BCUT2D eigenvalue weighted by atomic mass is 9.96. The average molecular weight is 277 g/mol. The van der Waals surface area contributed by atoms with Crippen molar-refractivity contribution in [1.82, 2.24) is 0 Å². The molecule has 0 aromatic heterocycles. The quantitative estimate of drug-likeness (QED) is 0.916. The Morgan fingerprint density at radius 3 is 2.42 bits per heavy atom. The molecule has 1 atom stereocenters. The van der Waals surface area contributed by atoms with Crippen molar-refractivity contribution in [2.75, 3.05) is 7.11 Å². The second-order valence-electron chi connectivity index (χ2n) is 4.65. The third-order valence-corrected chi connectivity index (χ3v) is 3.56. The standard InChI is InChI=1S/C16H17ClO2/c1-10-4-5-11(2)14(8-10)16(18)13-7-6-12(19-3)9-15(13)17/h4-9,16,18H,1-3H3. The van der Waals surface area contributed by atoms with Crippen molar-refractivity contribution in [1.29, 1.82) is 0 Å². The van der Waals surface area contributed by atoms with Crippen LogP contribution in [0.15, 0.2) is 36.4 Å². The summed E-state index contributed by atoms with van der Waals surface area (Å²) in [5.41, 5.74) is 3.73. The molecule has 0 saturated heterocycles. The smallest absolute Gasteiger partial charge is 0.120 e. The maximum atomic E-state index is 10.5. The van der Waals surface area contributed by atoms with Crippen molar-refractivity contribution in [2.45, 2.75) is 20.0 Å². The molecule has 2 aromatic rings. The van der Waals surface area contributed by atoms with Gasteiger partial charge in [0.2, 0.25) is 0 Å². The second kappa shape index (κ2) is 5.64. The molecule has 2 aromatic carbocycles. The van der Waals surface area contributed by atoms with Crippen LogP contribution in [0.2, 0.25) is 5.02 Å². The highest BCUT2D eigenvalue weighted by molar-refractivity contribution is 6.31.